The summed E-state index contributed by atoms with van der Waals surface area (Å²) in [4.78, 5) is 2.15. The van der Waals surface area contributed by atoms with Crippen LogP contribution in [0.4, 0.5) is 0 Å². The van der Waals surface area contributed by atoms with Crippen LogP contribution in [0.5, 0.6) is 5.75 Å². The van der Waals surface area contributed by atoms with E-state index in [9.17, 15) is 0 Å². The molecule has 0 aliphatic rings. The summed E-state index contributed by atoms with van der Waals surface area (Å²) in [6, 6.07) is 0.254. The lowest BCUT2D eigenvalue weighted by Gasteiger charge is -2.18. The molecule has 1 atom stereocenters. The van der Waals surface area contributed by atoms with Crippen LogP contribution in [0.3, 0.4) is 0 Å². The Balaban J connectivity index is 2.80. The summed E-state index contributed by atoms with van der Waals surface area (Å²) in [5.74, 6) is 0.866. The summed E-state index contributed by atoms with van der Waals surface area (Å²) in [6.45, 7) is 7.17. The van der Waals surface area contributed by atoms with Gasteiger partial charge in [-0.25, -0.2) is 0 Å². The van der Waals surface area contributed by atoms with Crippen LogP contribution in [0.1, 0.15) is 32.0 Å². The molecular formula is C13H26N4O. The van der Waals surface area contributed by atoms with Crippen LogP contribution in [-0.4, -0.2) is 49.0 Å². The number of likely N-dealkylation sites (N-methyl/N-ethyl adjacent to an activating group) is 1. The number of aromatic nitrogens is 2. The molecule has 0 aliphatic carbocycles. The molecule has 1 unspecified atom stereocenters. The number of rotatable bonds is 8. The first-order valence-corrected chi connectivity index (χ1v) is 6.58. The molecule has 104 valence electrons. The van der Waals surface area contributed by atoms with Gasteiger partial charge in [0.15, 0.2) is 5.75 Å². The maximum Gasteiger partial charge on any atom is 0.161 e. The predicted octanol–water partition coefficient (Wildman–Crippen LogP) is 1.51. The summed E-state index contributed by atoms with van der Waals surface area (Å²) in [6.07, 6.45) is 2.92. The van der Waals surface area contributed by atoms with Crippen molar-refractivity contribution in [2.24, 2.45) is 0 Å². The number of ether oxygens (including phenoxy) is 1. The Bertz CT molecular complexity index is 349. The van der Waals surface area contributed by atoms with Crippen molar-refractivity contribution in [2.45, 2.75) is 32.9 Å². The number of methoxy groups -OCH3 is 1. The van der Waals surface area contributed by atoms with Crippen molar-refractivity contribution in [3.63, 3.8) is 0 Å². The highest BCUT2D eigenvalue weighted by molar-refractivity contribution is 5.27. The lowest BCUT2D eigenvalue weighted by atomic mass is 10.2. The van der Waals surface area contributed by atoms with E-state index in [2.05, 4.69) is 43.3 Å². The highest BCUT2D eigenvalue weighted by atomic mass is 16.5. The summed E-state index contributed by atoms with van der Waals surface area (Å²) >= 11 is 0. The van der Waals surface area contributed by atoms with Gasteiger partial charge in [0.1, 0.15) is 0 Å². The van der Waals surface area contributed by atoms with Gasteiger partial charge in [-0.2, -0.15) is 5.10 Å². The molecule has 1 N–H and O–H groups in total. The summed E-state index contributed by atoms with van der Waals surface area (Å²) in [5, 5.41) is 7.90. The van der Waals surface area contributed by atoms with E-state index in [1.807, 2.05) is 4.68 Å². The van der Waals surface area contributed by atoms with Gasteiger partial charge in [-0.05, 0) is 34.0 Å². The molecule has 5 heteroatoms. The average Bonchev–Trinajstić information content (AvgIpc) is 2.76. The molecule has 0 radical (unpaired) electrons. The molecule has 0 aromatic carbocycles. The molecule has 5 nitrogen and oxygen atoms in total. The maximum absolute atomic E-state index is 5.40. The molecule has 0 amide bonds. The molecule has 0 spiro atoms. The number of nitrogens with one attached hydrogen (secondary N) is 1. The van der Waals surface area contributed by atoms with E-state index in [0.29, 0.717) is 0 Å². The van der Waals surface area contributed by atoms with E-state index >= 15 is 0 Å². The van der Waals surface area contributed by atoms with E-state index in [1.165, 1.54) is 0 Å². The number of hydrogen-bond donors (Lipinski definition) is 1. The fourth-order valence-electron chi connectivity index (χ4n) is 1.90. The lowest BCUT2D eigenvalue weighted by Crippen LogP contribution is -2.25. The highest BCUT2D eigenvalue weighted by Crippen LogP contribution is 2.24. The topological polar surface area (TPSA) is 42.3 Å². The summed E-state index contributed by atoms with van der Waals surface area (Å²) in [5.41, 5.74) is 1.13. The zero-order valence-electron chi connectivity index (χ0n) is 12.2. The van der Waals surface area contributed by atoms with Crippen molar-refractivity contribution < 1.29 is 4.74 Å². The van der Waals surface area contributed by atoms with Crippen molar-refractivity contribution in [3.8, 4) is 5.75 Å². The Kier molecular flexibility index (Phi) is 6.15. The second-order valence-electron chi connectivity index (χ2n) is 4.80. The third kappa shape index (κ3) is 3.99. The van der Waals surface area contributed by atoms with Gasteiger partial charge in [0.05, 0.1) is 31.6 Å². The molecule has 0 saturated carbocycles. The standard InChI is InChI=1S/C13H26N4O/c1-6-7-14-11(2)13-12(18-5)10-15-17(13)9-8-16(3)4/h10-11,14H,6-9H2,1-5H3. The first-order valence-electron chi connectivity index (χ1n) is 6.58. The highest BCUT2D eigenvalue weighted by Gasteiger charge is 2.17. The molecule has 1 rings (SSSR count). The Morgan fingerprint density at radius 3 is 2.78 bits per heavy atom. The number of hydrogen-bond acceptors (Lipinski definition) is 4. The van der Waals surface area contributed by atoms with Gasteiger partial charge in [0, 0.05) is 6.54 Å². The van der Waals surface area contributed by atoms with Gasteiger partial charge in [0.2, 0.25) is 0 Å². The minimum atomic E-state index is 0.254. The lowest BCUT2D eigenvalue weighted by molar-refractivity contribution is 0.357. The van der Waals surface area contributed by atoms with Crippen LogP contribution in [-0.2, 0) is 6.54 Å². The molecule has 1 heterocycles. The quantitative estimate of drug-likeness (QED) is 0.763. The van der Waals surface area contributed by atoms with E-state index in [1.54, 1.807) is 13.3 Å². The molecular weight excluding hydrogens is 228 g/mol. The van der Waals surface area contributed by atoms with Gasteiger partial charge in [0.25, 0.3) is 0 Å². The van der Waals surface area contributed by atoms with E-state index in [0.717, 1.165) is 37.5 Å². The molecule has 0 fully saturated rings. The van der Waals surface area contributed by atoms with Gasteiger partial charge >= 0.3 is 0 Å². The van der Waals surface area contributed by atoms with Crippen LogP contribution in [0.2, 0.25) is 0 Å². The molecule has 0 aliphatic heterocycles. The molecule has 0 saturated heterocycles. The van der Waals surface area contributed by atoms with Gasteiger partial charge in [-0.15, -0.1) is 0 Å². The predicted molar refractivity (Wildman–Crippen MR) is 74.0 cm³/mol. The van der Waals surface area contributed by atoms with Crippen LogP contribution in [0.15, 0.2) is 6.20 Å². The third-order valence-electron chi connectivity index (χ3n) is 2.93. The van der Waals surface area contributed by atoms with Gasteiger partial charge < -0.3 is 15.0 Å². The normalized spacial score (nSPS) is 13.0. The zero-order valence-corrected chi connectivity index (χ0v) is 12.2. The third-order valence-corrected chi connectivity index (χ3v) is 2.93. The second-order valence-corrected chi connectivity index (χ2v) is 4.80. The fourth-order valence-corrected chi connectivity index (χ4v) is 1.90. The van der Waals surface area contributed by atoms with Gasteiger partial charge in [-0.1, -0.05) is 6.92 Å². The number of nitrogens with zero attached hydrogens (tertiary/aromatic N) is 3. The minimum absolute atomic E-state index is 0.254. The first-order chi connectivity index (χ1) is 8.60. The summed E-state index contributed by atoms with van der Waals surface area (Å²) in [7, 11) is 5.83. The first kappa shape index (κ1) is 15.0. The SMILES string of the molecule is CCCNC(C)c1c(OC)cnn1CCN(C)C. The van der Waals surface area contributed by atoms with Crippen LogP contribution in [0.25, 0.3) is 0 Å². The molecule has 1 aromatic rings. The Morgan fingerprint density at radius 1 is 1.50 bits per heavy atom. The largest absolute Gasteiger partial charge is 0.493 e. The van der Waals surface area contributed by atoms with Crippen molar-refractivity contribution in [1.82, 2.24) is 20.0 Å². The molecule has 0 bridgehead atoms. The van der Waals surface area contributed by atoms with E-state index in [4.69, 9.17) is 4.74 Å². The van der Waals surface area contributed by atoms with Gasteiger partial charge in [-0.3, -0.25) is 4.68 Å². The van der Waals surface area contributed by atoms with Crippen molar-refractivity contribution in [1.29, 1.82) is 0 Å². The fraction of sp³-hybridized carbons (Fsp3) is 0.769. The Labute approximate surface area is 110 Å². The van der Waals surface area contributed by atoms with Crippen molar-refractivity contribution >= 4 is 0 Å². The molecule has 1 aromatic heterocycles. The second kappa shape index (κ2) is 7.38. The smallest absolute Gasteiger partial charge is 0.161 e. The van der Waals surface area contributed by atoms with Crippen LogP contribution >= 0.6 is 0 Å². The Hall–Kier alpha value is -1.07. The average molecular weight is 254 g/mol. The maximum atomic E-state index is 5.40. The van der Waals surface area contributed by atoms with Crippen molar-refractivity contribution in [2.75, 3.05) is 34.3 Å². The zero-order chi connectivity index (χ0) is 13.5. The van der Waals surface area contributed by atoms with Crippen molar-refractivity contribution in [3.05, 3.63) is 11.9 Å². The Morgan fingerprint density at radius 2 is 2.22 bits per heavy atom. The minimum Gasteiger partial charge on any atom is -0.493 e. The van der Waals surface area contributed by atoms with Crippen LogP contribution in [0, 0.1) is 0 Å². The monoisotopic (exact) mass is 254 g/mol. The molecule has 18 heavy (non-hydrogen) atoms. The summed E-state index contributed by atoms with van der Waals surface area (Å²) < 4.78 is 7.43. The van der Waals surface area contributed by atoms with E-state index < -0.39 is 0 Å². The van der Waals surface area contributed by atoms with E-state index in [-0.39, 0.29) is 6.04 Å². The van der Waals surface area contributed by atoms with Crippen LogP contribution < -0.4 is 10.1 Å².